The van der Waals surface area contributed by atoms with Crippen LogP contribution in [0.2, 0.25) is 0 Å². The second kappa shape index (κ2) is 10.9. The van der Waals surface area contributed by atoms with Gasteiger partial charge in [-0.05, 0) is 53.6 Å². The van der Waals surface area contributed by atoms with Crippen molar-refractivity contribution in [1.82, 2.24) is 19.9 Å². The van der Waals surface area contributed by atoms with Crippen molar-refractivity contribution in [2.75, 3.05) is 45.2 Å². The Morgan fingerprint density at radius 3 is 2.67 bits per heavy atom. The number of pyridine rings is 1. The third kappa shape index (κ3) is 6.27. The summed E-state index contributed by atoms with van der Waals surface area (Å²) >= 11 is 0. The van der Waals surface area contributed by atoms with Crippen molar-refractivity contribution in [3.05, 3.63) is 71.8 Å². The van der Waals surface area contributed by atoms with Crippen molar-refractivity contribution >= 4 is 22.6 Å². The van der Waals surface area contributed by atoms with Crippen LogP contribution in [0.4, 0.5) is 23.2 Å². The van der Waals surface area contributed by atoms with E-state index in [-0.39, 0.29) is 23.5 Å². The molecule has 3 heterocycles. The highest BCUT2D eigenvalue weighted by Crippen LogP contribution is 2.34. The molecule has 1 aliphatic rings. The van der Waals surface area contributed by atoms with E-state index in [1.807, 2.05) is 11.9 Å². The first-order valence-corrected chi connectivity index (χ1v) is 12.2. The number of nitrogens with zero attached hydrogens (tertiary/aromatic N) is 4. The van der Waals surface area contributed by atoms with E-state index in [9.17, 15) is 22.4 Å². The van der Waals surface area contributed by atoms with Gasteiger partial charge in [0.25, 0.3) is 5.91 Å². The fourth-order valence-corrected chi connectivity index (χ4v) is 4.38. The van der Waals surface area contributed by atoms with Crippen molar-refractivity contribution in [3.63, 3.8) is 0 Å². The fourth-order valence-electron chi connectivity index (χ4n) is 4.38. The van der Waals surface area contributed by atoms with Crippen LogP contribution in [0, 0.1) is 12.0 Å². The number of H-pyrrole nitrogens is 1. The molecule has 1 aliphatic heterocycles. The molecule has 12 heteroatoms. The number of ether oxygens (including phenoxy) is 1. The Labute approximate surface area is 221 Å². The molecule has 2 N–H and O–H groups in total. The number of nitrogens with one attached hydrogen (secondary N) is 2. The average Bonchev–Trinajstić information content (AvgIpc) is 3.37. The maximum Gasteiger partial charge on any atom is 0.416 e. The molecule has 0 saturated carbocycles. The van der Waals surface area contributed by atoms with E-state index >= 15 is 0 Å². The van der Waals surface area contributed by atoms with Gasteiger partial charge < -0.3 is 15.0 Å². The minimum atomic E-state index is -4.58. The Hall–Kier alpha value is -4.21. The van der Waals surface area contributed by atoms with Crippen LogP contribution in [0.15, 0.2) is 48.7 Å². The lowest BCUT2D eigenvalue weighted by Gasteiger charge is -2.33. The number of hydrogen-bond donors (Lipinski definition) is 2. The van der Waals surface area contributed by atoms with Crippen molar-refractivity contribution in [1.29, 1.82) is 0 Å². The Bertz CT molecular complexity index is 1480. The first-order valence-electron chi connectivity index (χ1n) is 12.2. The van der Waals surface area contributed by atoms with E-state index in [1.165, 1.54) is 24.3 Å². The number of hydrogen-bond acceptors (Lipinski definition) is 5. The summed E-state index contributed by atoms with van der Waals surface area (Å²) in [7, 11) is 1.98. The van der Waals surface area contributed by atoms with Crippen LogP contribution in [0.1, 0.15) is 11.1 Å². The molecule has 0 unspecified atom stereocenters. The number of benzene rings is 2. The van der Waals surface area contributed by atoms with Gasteiger partial charge in [-0.1, -0.05) is 12.1 Å². The van der Waals surface area contributed by atoms with E-state index < -0.39 is 30.1 Å². The number of carbonyl (C=O) groups excluding carboxylic acids is 1. The standard InChI is InChI=1S/C27H24F4N6O2/c1-36-6-8-37(9-7-36)15-18-2-4-21(12-22(18)27(29,30)31)34-25(38)16-39-24-5-3-17(11-23(24)28)19-10-20-14-33-35-26(20)32-13-19/h2-5,10-13H,6-9,15-16H2,1H3,(H,34,38)/p+1. The van der Waals surface area contributed by atoms with Gasteiger partial charge in [0.05, 0.1) is 10.7 Å². The molecule has 1 amide bonds. The summed E-state index contributed by atoms with van der Waals surface area (Å²) in [6.07, 6.45) is -0.280. The smallest absolute Gasteiger partial charge is 0.416 e. The lowest BCUT2D eigenvalue weighted by molar-refractivity contribution is -0.369. The molecule has 4 aromatic rings. The van der Waals surface area contributed by atoms with Gasteiger partial charge in [-0.3, -0.25) is 9.69 Å². The predicted molar refractivity (Wildman–Crippen MR) is 134 cm³/mol. The normalized spacial score (nSPS) is 14.8. The van der Waals surface area contributed by atoms with E-state index in [0.29, 0.717) is 35.2 Å². The lowest BCUT2D eigenvalue weighted by atomic mass is 10.0. The number of likely N-dealkylation sites (N-methyl/N-ethyl adjacent to an activating group) is 1. The van der Waals surface area contributed by atoms with Gasteiger partial charge in [-0.15, -0.1) is 0 Å². The van der Waals surface area contributed by atoms with Crippen LogP contribution < -0.4 is 15.2 Å². The monoisotopic (exact) mass is 541 g/mol. The number of piperazine rings is 1. The molecular weight excluding hydrogens is 516 g/mol. The molecule has 0 aliphatic carbocycles. The lowest BCUT2D eigenvalue weighted by Crippen LogP contribution is -2.44. The maximum atomic E-state index is 14.7. The molecule has 8 nitrogen and oxygen atoms in total. The largest absolute Gasteiger partial charge is 0.481 e. The zero-order valence-corrected chi connectivity index (χ0v) is 21.0. The van der Waals surface area contributed by atoms with Crippen molar-refractivity contribution < 1.29 is 32.2 Å². The Morgan fingerprint density at radius 1 is 1.13 bits per heavy atom. The third-order valence-electron chi connectivity index (χ3n) is 6.54. The van der Waals surface area contributed by atoms with Gasteiger partial charge in [0, 0.05) is 50.2 Å². The third-order valence-corrected chi connectivity index (χ3v) is 6.54. The summed E-state index contributed by atoms with van der Waals surface area (Å²) in [5, 5.41) is 9.52. The highest BCUT2D eigenvalue weighted by molar-refractivity contribution is 5.92. The minimum Gasteiger partial charge on any atom is -0.481 e. The van der Waals surface area contributed by atoms with Crippen molar-refractivity contribution in [2.24, 2.45) is 0 Å². The number of amides is 1. The quantitative estimate of drug-likeness (QED) is 0.348. The second-order valence-corrected chi connectivity index (χ2v) is 9.39. The number of alkyl halides is 3. The van der Waals surface area contributed by atoms with Crippen LogP contribution >= 0.6 is 0 Å². The minimum absolute atomic E-state index is 0.0205. The summed E-state index contributed by atoms with van der Waals surface area (Å²) in [6, 6.07) is 9.69. The Morgan fingerprint density at radius 2 is 1.92 bits per heavy atom. The molecule has 39 heavy (non-hydrogen) atoms. The number of halogens is 4. The van der Waals surface area contributed by atoms with Gasteiger partial charge >= 0.3 is 12.4 Å². The maximum absolute atomic E-state index is 14.7. The summed E-state index contributed by atoms with van der Waals surface area (Å²) in [6.45, 7) is 2.51. The van der Waals surface area contributed by atoms with Crippen LogP contribution in [-0.2, 0) is 17.5 Å². The van der Waals surface area contributed by atoms with Crippen LogP contribution in [0.25, 0.3) is 22.2 Å². The molecule has 202 valence electrons. The van der Waals surface area contributed by atoms with Crippen molar-refractivity contribution in [3.8, 4) is 16.9 Å². The van der Waals surface area contributed by atoms with Gasteiger partial charge in [0.2, 0.25) is 5.65 Å². The molecular formula is C27H25F4N6O2+. The van der Waals surface area contributed by atoms with E-state index in [0.717, 1.165) is 19.2 Å². The molecule has 2 aromatic carbocycles. The SMILES string of the molecule is CN1CCN(Cc2ccc(NC(=O)COc3ccc(-c4cnc5[nH][n+]#cc5c4)cc3F)cc2C(F)(F)F)CC1. The topological polar surface area (TPSA) is 87.6 Å². The van der Waals surface area contributed by atoms with E-state index in [4.69, 9.17) is 4.74 Å². The molecule has 0 atom stereocenters. The molecule has 1 saturated heterocycles. The molecule has 1 fully saturated rings. The van der Waals surface area contributed by atoms with Crippen LogP contribution in [0.3, 0.4) is 0 Å². The first-order chi connectivity index (χ1) is 18.7. The van der Waals surface area contributed by atoms with Gasteiger partial charge in [0.15, 0.2) is 23.6 Å². The van der Waals surface area contributed by atoms with Crippen LogP contribution in [0.5, 0.6) is 5.75 Å². The first kappa shape index (κ1) is 26.4. The van der Waals surface area contributed by atoms with E-state index in [2.05, 4.69) is 31.6 Å². The summed E-state index contributed by atoms with van der Waals surface area (Å²) < 4.78 is 61.4. The van der Waals surface area contributed by atoms with Gasteiger partial charge in [-0.2, -0.15) is 13.2 Å². The average molecular weight is 542 g/mol. The highest BCUT2D eigenvalue weighted by Gasteiger charge is 2.34. The van der Waals surface area contributed by atoms with E-state index in [1.54, 1.807) is 18.3 Å². The van der Waals surface area contributed by atoms with Gasteiger partial charge in [-0.25, -0.2) is 9.37 Å². The number of anilines is 1. The molecule has 5 rings (SSSR count). The summed E-state index contributed by atoms with van der Waals surface area (Å²) in [5.41, 5.74) is 1.04. The number of fused-ring (bicyclic) bond motifs is 1. The Kier molecular flexibility index (Phi) is 7.36. The van der Waals surface area contributed by atoms with Crippen molar-refractivity contribution in [2.45, 2.75) is 12.7 Å². The van der Waals surface area contributed by atoms with Crippen LogP contribution in [-0.4, -0.2) is 65.6 Å². The van der Waals surface area contributed by atoms with Gasteiger partial charge in [0.1, 0.15) is 0 Å². The Balaban J connectivity index is 1.22. The molecule has 2 aromatic heterocycles. The number of aromatic nitrogens is 3. The fraction of sp³-hybridized carbons (Fsp3) is 0.296. The number of carbonyl (C=O) groups is 1. The molecule has 0 radical (unpaired) electrons. The molecule has 0 spiro atoms. The zero-order valence-electron chi connectivity index (χ0n) is 21.0. The highest BCUT2D eigenvalue weighted by atomic mass is 19.4. The predicted octanol–water partition coefficient (Wildman–Crippen LogP) is 3.55. The number of aromatic amines is 1. The second-order valence-electron chi connectivity index (χ2n) is 9.39. The number of rotatable bonds is 7. The summed E-state index contributed by atoms with van der Waals surface area (Å²) in [4.78, 5) is 20.7. The molecule has 0 bridgehead atoms. The zero-order chi connectivity index (χ0) is 27.6. The summed E-state index contributed by atoms with van der Waals surface area (Å²) in [5.74, 6) is -1.59.